The molecule has 4 atom stereocenters. The first-order valence-electron chi connectivity index (χ1n) is 14.5. The molecule has 8 heteroatoms. The Balaban J connectivity index is 1.25. The Morgan fingerprint density at radius 3 is 2.62 bits per heavy atom. The summed E-state index contributed by atoms with van der Waals surface area (Å²) in [6.45, 7) is 6.28. The second-order valence-corrected chi connectivity index (χ2v) is 11.4. The number of nitrogens with one attached hydrogen (secondary N) is 1. The molecule has 7 N–H and O–H groups in total. The number of fused-ring (bicyclic) bond motifs is 2. The number of carbonyl (C=O) groups excluding carboxylic acids is 1. The lowest BCUT2D eigenvalue weighted by Crippen LogP contribution is -2.62. The zero-order valence-electron chi connectivity index (χ0n) is 23.5. The molecule has 8 nitrogen and oxygen atoms in total. The highest BCUT2D eigenvalue weighted by molar-refractivity contribution is 5.85. The molecule has 2 aliphatic rings. The van der Waals surface area contributed by atoms with Gasteiger partial charge >= 0.3 is 0 Å². The minimum Gasteiger partial charge on any atom is -0.384 e. The molecule has 1 saturated heterocycles. The van der Waals surface area contributed by atoms with Crippen molar-refractivity contribution >= 4 is 28.3 Å². The van der Waals surface area contributed by atoms with Gasteiger partial charge in [-0.3, -0.25) is 14.7 Å². The molecular formula is C32H43N7O. The van der Waals surface area contributed by atoms with Gasteiger partial charge < -0.3 is 27.4 Å². The molecular weight excluding hydrogens is 498 g/mol. The summed E-state index contributed by atoms with van der Waals surface area (Å²) < 4.78 is 0. The van der Waals surface area contributed by atoms with Crippen molar-refractivity contribution in [3.8, 4) is 0 Å². The van der Waals surface area contributed by atoms with Crippen LogP contribution in [0.2, 0.25) is 0 Å². The molecule has 0 aromatic heterocycles. The van der Waals surface area contributed by atoms with Gasteiger partial charge in [0.1, 0.15) is 0 Å². The molecule has 1 unspecified atom stereocenters. The Bertz CT molecular complexity index is 1340. The summed E-state index contributed by atoms with van der Waals surface area (Å²) in [5.74, 6) is 0.647. The van der Waals surface area contributed by atoms with Crippen LogP contribution in [0.25, 0.3) is 10.8 Å². The van der Waals surface area contributed by atoms with Gasteiger partial charge in [0, 0.05) is 49.9 Å². The lowest BCUT2D eigenvalue weighted by Gasteiger charge is -2.46. The second kappa shape index (κ2) is 12.7. The molecule has 5 rings (SSSR count). The van der Waals surface area contributed by atoms with E-state index in [0.29, 0.717) is 25.4 Å². The highest BCUT2D eigenvalue weighted by atomic mass is 16.2. The Morgan fingerprint density at radius 2 is 1.80 bits per heavy atom. The number of anilines is 1. The van der Waals surface area contributed by atoms with E-state index in [-0.39, 0.29) is 24.0 Å². The topological polar surface area (TPSA) is 126 Å². The lowest BCUT2D eigenvalue weighted by atomic mass is 9.95. The van der Waals surface area contributed by atoms with Gasteiger partial charge in [-0.2, -0.15) is 0 Å². The third-order valence-electron chi connectivity index (χ3n) is 8.53. The Labute approximate surface area is 237 Å². The van der Waals surface area contributed by atoms with E-state index < -0.39 is 6.04 Å². The number of hydrogen-bond donors (Lipinski definition) is 4. The third kappa shape index (κ3) is 6.57. The summed E-state index contributed by atoms with van der Waals surface area (Å²) in [6, 6.07) is 23.0. The normalized spacial score (nSPS) is 21.6. The van der Waals surface area contributed by atoms with Crippen molar-refractivity contribution < 1.29 is 4.79 Å². The quantitative estimate of drug-likeness (QED) is 0.177. The fourth-order valence-corrected chi connectivity index (χ4v) is 6.32. The van der Waals surface area contributed by atoms with Gasteiger partial charge in [-0.1, -0.05) is 60.7 Å². The lowest BCUT2D eigenvalue weighted by molar-refractivity contribution is -0.139. The van der Waals surface area contributed by atoms with Gasteiger partial charge in [0.25, 0.3) is 0 Å². The molecule has 2 aliphatic heterocycles. The van der Waals surface area contributed by atoms with Crippen molar-refractivity contribution in [3.63, 3.8) is 0 Å². The van der Waals surface area contributed by atoms with E-state index in [4.69, 9.17) is 17.2 Å². The average molecular weight is 542 g/mol. The van der Waals surface area contributed by atoms with Crippen molar-refractivity contribution in [2.75, 3.05) is 38.0 Å². The van der Waals surface area contributed by atoms with Gasteiger partial charge in [0.05, 0.1) is 6.04 Å². The molecule has 0 radical (unpaired) electrons. The first-order valence-corrected chi connectivity index (χ1v) is 14.5. The summed E-state index contributed by atoms with van der Waals surface area (Å²) in [4.78, 5) is 22.5. The van der Waals surface area contributed by atoms with Gasteiger partial charge in [-0.25, -0.2) is 0 Å². The number of nitrogens with two attached hydrogens (primary N) is 3. The van der Waals surface area contributed by atoms with Crippen molar-refractivity contribution in [1.29, 1.82) is 0 Å². The number of benzene rings is 3. The van der Waals surface area contributed by atoms with Crippen LogP contribution < -0.4 is 22.5 Å². The van der Waals surface area contributed by atoms with Gasteiger partial charge in [0.15, 0.2) is 5.96 Å². The first-order chi connectivity index (χ1) is 19.4. The number of para-hydroxylation sites is 1. The van der Waals surface area contributed by atoms with Crippen molar-refractivity contribution in [3.05, 3.63) is 77.9 Å². The van der Waals surface area contributed by atoms with E-state index in [9.17, 15) is 4.79 Å². The number of amides is 1. The number of nitrogens with zero attached hydrogens (tertiary/aromatic N) is 3. The zero-order chi connectivity index (χ0) is 28.1. The van der Waals surface area contributed by atoms with E-state index in [2.05, 4.69) is 76.7 Å². The van der Waals surface area contributed by atoms with Crippen LogP contribution in [-0.2, 0) is 11.2 Å². The van der Waals surface area contributed by atoms with Gasteiger partial charge in [-0.05, 0) is 67.1 Å². The molecule has 0 spiro atoms. The Morgan fingerprint density at radius 1 is 1.02 bits per heavy atom. The predicted molar refractivity (Wildman–Crippen MR) is 164 cm³/mol. The van der Waals surface area contributed by atoms with E-state index in [1.165, 1.54) is 22.0 Å². The Kier molecular flexibility index (Phi) is 8.87. The van der Waals surface area contributed by atoms with Crippen molar-refractivity contribution in [2.24, 2.45) is 22.2 Å². The largest absolute Gasteiger partial charge is 0.384 e. The summed E-state index contributed by atoms with van der Waals surface area (Å²) in [7, 11) is 0. The fourth-order valence-electron chi connectivity index (χ4n) is 6.32. The van der Waals surface area contributed by atoms with Gasteiger partial charge in [-0.15, -0.1) is 0 Å². The number of guanidine groups is 1. The first kappa shape index (κ1) is 27.9. The summed E-state index contributed by atoms with van der Waals surface area (Å²) >= 11 is 0. The smallest absolute Gasteiger partial charge is 0.240 e. The molecule has 0 saturated carbocycles. The molecule has 212 valence electrons. The van der Waals surface area contributed by atoms with Crippen LogP contribution in [0.3, 0.4) is 0 Å². The molecule has 1 fully saturated rings. The number of rotatable bonds is 10. The molecule has 1 amide bonds. The second-order valence-electron chi connectivity index (χ2n) is 11.4. The SMILES string of the molecule is C[C@@H]1CN(C(=O)[C@H](N)Cc2ccc3ccccc3c2)[C@@H](CCCN=C(N)N)CN1CCC1CNc2ccccc21. The van der Waals surface area contributed by atoms with Crippen LogP contribution in [0.5, 0.6) is 0 Å². The van der Waals surface area contributed by atoms with Crippen LogP contribution >= 0.6 is 0 Å². The van der Waals surface area contributed by atoms with Crippen LogP contribution in [0.1, 0.15) is 43.2 Å². The molecule has 3 aromatic carbocycles. The molecule has 2 heterocycles. The number of piperazine rings is 1. The zero-order valence-corrected chi connectivity index (χ0v) is 23.5. The van der Waals surface area contributed by atoms with E-state index in [1.807, 2.05) is 17.0 Å². The van der Waals surface area contributed by atoms with Crippen molar-refractivity contribution in [2.45, 2.75) is 56.7 Å². The van der Waals surface area contributed by atoms with E-state index in [0.717, 1.165) is 44.5 Å². The third-order valence-corrected chi connectivity index (χ3v) is 8.53. The molecule has 40 heavy (non-hydrogen) atoms. The maximum absolute atomic E-state index is 13.8. The summed E-state index contributed by atoms with van der Waals surface area (Å²) in [5.41, 5.74) is 21.4. The standard InChI is InChI=1S/C32H43N7O/c1-22-20-39(31(40)29(33)18-23-12-13-24-7-2-3-8-25(24)17-23)27(9-6-15-36-32(34)35)21-38(22)16-14-26-19-37-30-11-5-4-10-28(26)30/h2-5,7-8,10-13,17,22,26-27,29,37H,6,9,14-16,18-21,33H2,1H3,(H4,34,35,36)/t22-,26?,27+,29-/m1/s1. The molecule has 0 aliphatic carbocycles. The number of carbonyl (C=O) groups is 1. The van der Waals surface area contributed by atoms with E-state index in [1.54, 1.807) is 0 Å². The van der Waals surface area contributed by atoms with Crippen LogP contribution in [-0.4, -0.2) is 72.5 Å². The van der Waals surface area contributed by atoms with Crippen LogP contribution in [0.4, 0.5) is 5.69 Å². The highest BCUT2D eigenvalue weighted by Crippen LogP contribution is 2.34. The molecule has 0 bridgehead atoms. The number of aliphatic imine (C=N–C) groups is 1. The van der Waals surface area contributed by atoms with Gasteiger partial charge in [0.2, 0.25) is 5.91 Å². The van der Waals surface area contributed by atoms with Crippen LogP contribution in [0, 0.1) is 0 Å². The van der Waals surface area contributed by atoms with Crippen molar-refractivity contribution in [1.82, 2.24) is 9.80 Å². The average Bonchev–Trinajstić information content (AvgIpc) is 3.37. The highest BCUT2D eigenvalue weighted by Gasteiger charge is 2.36. The van der Waals surface area contributed by atoms with Crippen LogP contribution in [0.15, 0.2) is 71.7 Å². The maximum atomic E-state index is 13.8. The maximum Gasteiger partial charge on any atom is 0.240 e. The van der Waals surface area contributed by atoms with E-state index >= 15 is 0 Å². The number of hydrogen-bond acceptors (Lipinski definition) is 5. The fraction of sp³-hybridized carbons (Fsp3) is 0.438. The monoisotopic (exact) mass is 541 g/mol. The minimum atomic E-state index is -0.582. The summed E-state index contributed by atoms with van der Waals surface area (Å²) in [5, 5.41) is 5.90. The summed E-state index contributed by atoms with van der Waals surface area (Å²) in [6.07, 6.45) is 3.26. The Hall–Kier alpha value is -3.62. The minimum absolute atomic E-state index is 0.0282. The molecule has 3 aromatic rings. The predicted octanol–water partition coefficient (Wildman–Crippen LogP) is 3.26.